The van der Waals surface area contributed by atoms with Crippen LogP contribution in [0.3, 0.4) is 0 Å². The molecule has 0 radical (unpaired) electrons. The van der Waals surface area contributed by atoms with E-state index in [0.29, 0.717) is 0 Å². The summed E-state index contributed by atoms with van der Waals surface area (Å²) in [5.41, 5.74) is 5.67. The Bertz CT molecular complexity index is 525. The molecule has 1 aromatic carbocycles. The molecule has 0 fully saturated rings. The highest BCUT2D eigenvalue weighted by Crippen LogP contribution is 2.18. The molecule has 1 heterocycles. The van der Waals surface area contributed by atoms with Gasteiger partial charge in [0.15, 0.2) is 0 Å². The summed E-state index contributed by atoms with van der Waals surface area (Å²) in [4.78, 5) is 20.0. The van der Waals surface area contributed by atoms with Crippen LogP contribution >= 0.6 is 0 Å². The summed E-state index contributed by atoms with van der Waals surface area (Å²) in [5, 5.41) is 2.59. The van der Waals surface area contributed by atoms with Crippen molar-refractivity contribution in [2.45, 2.75) is 12.5 Å². The van der Waals surface area contributed by atoms with Crippen LogP contribution in [0.4, 0.5) is 5.95 Å². The second-order valence-electron chi connectivity index (χ2n) is 4.09. The molecular formula is C13H14N4O. The van der Waals surface area contributed by atoms with Gasteiger partial charge in [-0.15, -0.1) is 0 Å². The molecule has 1 unspecified atom stereocenters. The fourth-order valence-corrected chi connectivity index (χ4v) is 1.51. The van der Waals surface area contributed by atoms with Crippen molar-refractivity contribution in [3.63, 3.8) is 0 Å². The predicted molar refractivity (Wildman–Crippen MR) is 68.6 cm³/mol. The van der Waals surface area contributed by atoms with Gasteiger partial charge in [0.2, 0.25) is 5.95 Å². The quantitative estimate of drug-likeness (QED) is 0.849. The summed E-state index contributed by atoms with van der Waals surface area (Å²) in [6.07, 6.45) is 3.11. The van der Waals surface area contributed by atoms with Crippen molar-refractivity contribution >= 4 is 11.9 Å². The van der Waals surface area contributed by atoms with Crippen LogP contribution in [-0.2, 0) is 10.3 Å². The smallest absolute Gasteiger partial charge is 0.251 e. The Hall–Kier alpha value is -2.27. The number of nitrogens with one attached hydrogen (secondary N) is 1. The third-order valence-corrected chi connectivity index (χ3v) is 2.64. The molecule has 0 saturated carbocycles. The minimum absolute atomic E-state index is 0.245. The highest BCUT2D eigenvalue weighted by molar-refractivity contribution is 5.97. The average Bonchev–Trinajstić information content (AvgIpc) is 2.41. The molecule has 0 bridgehead atoms. The lowest BCUT2D eigenvalue weighted by Gasteiger charge is -2.23. The molecule has 5 heteroatoms. The van der Waals surface area contributed by atoms with Crippen molar-refractivity contribution in [2.75, 3.05) is 5.32 Å². The number of anilines is 1. The summed E-state index contributed by atoms with van der Waals surface area (Å²) in [6.45, 7) is 1.65. The zero-order valence-corrected chi connectivity index (χ0v) is 10.00. The molecule has 1 aromatic heterocycles. The number of carbonyl (C=O) groups is 1. The minimum atomic E-state index is -1.12. The standard InChI is InChI=1S/C13H14N4O/c1-13(14,10-6-3-2-4-7-10)11(18)17-12-15-8-5-9-16-12/h2-9H,14H2,1H3,(H,15,16,17,18). The molecule has 92 valence electrons. The maximum absolute atomic E-state index is 12.1. The molecule has 0 aliphatic carbocycles. The second-order valence-corrected chi connectivity index (χ2v) is 4.09. The summed E-state index contributed by atoms with van der Waals surface area (Å²) in [7, 11) is 0. The Balaban J connectivity index is 2.18. The lowest BCUT2D eigenvalue weighted by atomic mass is 9.92. The molecule has 18 heavy (non-hydrogen) atoms. The highest BCUT2D eigenvalue weighted by atomic mass is 16.2. The summed E-state index contributed by atoms with van der Waals surface area (Å²) in [5.74, 6) is -0.102. The van der Waals surface area contributed by atoms with Gasteiger partial charge < -0.3 is 5.73 Å². The second kappa shape index (κ2) is 4.93. The van der Waals surface area contributed by atoms with Crippen LogP contribution < -0.4 is 11.1 Å². The average molecular weight is 242 g/mol. The van der Waals surface area contributed by atoms with Gasteiger partial charge >= 0.3 is 0 Å². The summed E-state index contributed by atoms with van der Waals surface area (Å²) < 4.78 is 0. The van der Waals surface area contributed by atoms with Crippen LogP contribution in [0.2, 0.25) is 0 Å². The van der Waals surface area contributed by atoms with Crippen molar-refractivity contribution in [1.29, 1.82) is 0 Å². The summed E-state index contributed by atoms with van der Waals surface area (Å²) >= 11 is 0. The Labute approximate surface area is 105 Å². The number of amides is 1. The third-order valence-electron chi connectivity index (χ3n) is 2.64. The van der Waals surface area contributed by atoms with Crippen LogP contribution in [0, 0.1) is 0 Å². The molecule has 2 rings (SSSR count). The van der Waals surface area contributed by atoms with E-state index < -0.39 is 5.54 Å². The number of benzene rings is 1. The largest absolute Gasteiger partial charge is 0.314 e. The first-order chi connectivity index (χ1) is 8.60. The topological polar surface area (TPSA) is 80.9 Å². The number of hydrogen-bond acceptors (Lipinski definition) is 4. The zero-order chi connectivity index (χ0) is 13.0. The van der Waals surface area contributed by atoms with E-state index >= 15 is 0 Å². The highest BCUT2D eigenvalue weighted by Gasteiger charge is 2.30. The minimum Gasteiger partial charge on any atom is -0.314 e. The van der Waals surface area contributed by atoms with E-state index in [2.05, 4.69) is 15.3 Å². The van der Waals surface area contributed by atoms with Gasteiger partial charge in [0, 0.05) is 12.4 Å². The van der Waals surface area contributed by atoms with E-state index in [-0.39, 0.29) is 11.9 Å². The molecule has 0 aliphatic heterocycles. The van der Waals surface area contributed by atoms with Crippen LogP contribution in [0.15, 0.2) is 48.8 Å². The van der Waals surface area contributed by atoms with Crippen LogP contribution in [0.5, 0.6) is 0 Å². The fraction of sp³-hybridized carbons (Fsp3) is 0.154. The number of nitrogens with two attached hydrogens (primary N) is 1. The van der Waals surface area contributed by atoms with Crippen molar-refractivity contribution in [3.8, 4) is 0 Å². The van der Waals surface area contributed by atoms with Gasteiger partial charge in [0.25, 0.3) is 5.91 Å². The van der Waals surface area contributed by atoms with Crippen LogP contribution in [0.25, 0.3) is 0 Å². The first-order valence-corrected chi connectivity index (χ1v) is 5.53. The molecular weight excluding hydrogens is 228 g/mol. The third kappa shape index (κ3) is 2.52. The van der Waals surface area contributed by atoms with E-state index in [0.717, 1.165) is 5.56 Å². The summed E-state index contributed by atoms with van der Waals surface area (Å²) in [6, 6.07) is 10.8. The first-order valence-electron chi connectivity index (χ1n) is 5.53. The number of nitrogens with zero attached hydrogens (tertiary/aromatic N) is 2. The van der Waals surface area contributed by atoms with E-state index in [4.69, 9.17) is 5.73 Å². The van der Waals surface area contributed by atoms with Crippen molar-refractivity contribution in [2.24, 2.45) is 5.73 Å². The van der Waals surface area contributed by atoms with Gasteiger partial charge in [0.1, 0.15) is 5.54 Å². The maximum atomic E-state index is 12.1. The lowest BCUT2D eigenvalue weighted by molar-refractivity contribution is -0.120. The van der Waals surface area contributed by atoms with E-state index in [9.17, 15) is 4.79 Å². The molecule has 0 spiro atoms. The molecule has 1 atom stereocenters. The van der Waals surface area contributed by atoms with Gasteiger partial charge in [-0.2, -0.15) is 0 Å². The molecule has 5 nitrogen and oxygen atoms in total. The van der Waals surface area contributed by atoms with Crippen molar-refractivity contribution in [1.82, 2.24) is 9.97 Å². The Morgan fingerprint density at radius 1 is 1.17 bits per heavy atom. The normalized spacial score (nSPS) is 13.7. The monoisotopic (exact) mass is 242 g/mol. The molecule has 1 amide bonds. The molecule has 0 saturated heterocycles. The van der Waals surface area contributed by atoms with Gasteiger partial charge in [-0.3, -0.25) is 10.1 Å². The van der Waals surface area contributed by atoms with Crippen LogP contribution in [0.1, 0.15) is 12.5 Å². The van der Waals surface area contributed by atoms with E-state index in [1.54, 1.807) is 25.4 Å². The Kier molecular flexibility index (Phi) is 3.34. The SMILES string of the molecule is CC(N)(C(=O)Nc1ncccn1)c1ccccc1. The van der Waals surface area contributed by atoms with Crippen LogP contribution in [-0.4, -0.2) is 15.9 Å². The zero-order valence-electron chi connectivity index (χ0n) is 10.00. The van der Waals surface area contributed by atoms with Gasteiger partial charge in [-0.05, 0) is 18.6 Å². The first kappa shape index (κ1) is 12.2. The van der Waals surface area contributed by atoms with E-state index in [1.165, 1.54) is 0 Å². The maximum Gasteiger partial charge on any atom is 0.251 e. The van der Waals surface area contributed by atoms with Crippen molar-refractivity contribution < 1.29 is 4.79 Å². The fourth-order valence-electron chi connectivity index (χ4n) is 1.51. The lowest BCUT2D eigenvalue weighted by Crippen LogP contribution is -2.45. The number of carbonyl (C=O) groups excluding carboxylic acids is 1. The Morgan fingerprint density at radius 2 is 1.78 bits per heavy atom. The Morgan fingerprint density at radius 3 is 2.39 bits per heavy atom. The molecule has 0 aliphatic rings. The number of aromatic nitrogens is 2. The number of rotatable bonds is 3. The van der Waals surface area contributed by atoms with Gasteiger partial charge in [-0.1, -0.05) is 30.3 Å². The predicted octanol–water partition coefficient (Wildman–Crippen LogP) is 1.29. The van der Waals surface area contributed by atoms with Crippen molar-refractivity contribution in [3.05, 3.63) is 54.4 Å². The van der Waals surface area contributed by atoms with Gasteiger partial charge in [0.05, 0.1) is 0 Å². The number of hydrogen-bond donors (Lipinski definition) is 2. The molecule has 3 N–H and O–H groups in total. The van der Waals surface area contributed by atoms with E-state index in [1.807, 2.05) is 30.3 Å². The molecule has 2 aromatic rings. The van der Waals surface area contributed by atoms with Gasteiger partial charge in [-0.25, -0.2) is 9.97 Å².